The average Bonchev–Trinajstić information content (AvgIpc) is 3.18. The van der Waals surface area contributed by atoms with Crippen LogP contribution in [-0.2, 0) is 0 Å². The Hall–Kier alpha value is -1.83. The zero-order valence-electron chi connectivity index (χ0n) is 13.9. The lowest BCUT2D eigenvalue weighted by Gasteiger charge is -2.21. The van der Waals surface area contributed by atoms with Crippen LogP contribution >= 0.6 is 34.9 Å². The lowest BCUT2D eigenvalue weighted by atomic mass is 10.1. The summed E-state index contributed by atoms with van der Waals surface area (Å²) < 4.78 is 0.487. The van der Waals surface area contributed by atoms with Gasteiger partial charge >= 0.3 is 0 Å². The molecule has 0 atom stereocenters. The fraction of sp³-hybridized carbons (Fsp3) is 0.211. The highest BCUT2D eigenvalue weighted by atomic mass is 32.2. The number of thiazole rings is 1. The van der Waals surface area contributed by atoms with E-state index in [0.717, 1.165) is 11.4 Å². The van der Waals surface area contributed by atoms with Gasteiger partial charge in [-0.3, -0.25) is 15.1 Å². The Morgan fingerprint density at radius 2 is 1.85 bits per heavy atom. The van der Waals surface area contributed by atoms with Crippen molar-refractivity contribution in [2.75, 3.05) is 16.8 Å². The Labute approximate surface area is 164 Å². The van der Waals surface area contributed by atoms with Gasteiger partial charge in [0.1, 0.15) is 5.69 Å². The first-order valence-electron chi connectivity index (χ1n) is 8.31. The van der Waals surface area contributed by atoms with Crippen LogP contribution in [-0.4, -0.2) is 27.4 Å². The number of aromatic nitrogens is 2. The van der Waals surface area contributed by atoms with Crippen molar-refractivity contribution in [2.45, 2.75) is 11.0 Å². The molecule has 7 heteroatoms. The molecule has 2 aromatic heterocycles. The molecule has 0 aliphatic carbocycles. The summed E-state index contributed by atoms with van der Waals surface area (Å²) in [5.41, 5.74) is 3.50. The molecule has 1 aliphatic rings. The number of carbonyl (C=O) groups is 1. The number of nitrogens with zero attached hydrogens (tertiary/aromatic N) is 2. The summed E-state index contributed by atoms with van der Waals surface area (Å²) in [7, 11) is 0. The molecule has 26 heavy (non-hydrogen) atoms. The second kappa shape index (κ2) is 8.24. The van der Waals surface area contributed by atoms with Crippen molar-refractivity contribution in [1.29, 1.82) is 0 Å². The lowest BCUT2D eigenvalue weighted by molar-refractivity contribution is 0.102. The van der Waals surface area contributed by atoms with Crippen molar-refractivity contribution in [2.24, 2.45) is 0 Å². The minimum atomic E-state index is -0.137. The van der Waals surface area contributed by atoms with Crippen molar-refractivity contribution in [1.82, 2.24) is 9.97 Å². The molecule has 0 bridgehead atoms. The molecule has 1 N–H and O–H groups in total. The number of benzene rings is 1. The first kappa shape index (κ1) is 17.6. The highest BCUT2D eigenvalue weighted by Gasteiger charge is 2.17. The van der Waals surface area contributed by atoms with E-state index in [1.54, 1.807) is 6.20 Å². The number of carbonyl (C=O) groups excluding carboxylic acids is 1. The number of thioether (sulfide) groups is 2. The Bertz CT molecular complexity index is 875. The van der Waals surface area contributed by atoms with Gasteiger partial charge in [0.05, 0.1) is 10.3 Å². The maximum absolute atomic E-state index is 12.5. The van der Waals surface area contributed by atoms with E-state index < -0.39 is 0 Å². The Morgan fingerprint density at radius 3 is 2.58 bits per heavy atom. The molecule has 132 valence electrons. The number of hydrogen-bond donors (Lipinski definition) is 1. The van der Waals surface area contributed by atoms with E-state index >= 15 is 0 Å². The van der Waals surface area contributed by atoms with Gasteiger partial charge in [-0.1, -0.05) is 18.2 Å². The summed E-state index contributed by atoms with van der Waals surface area (Å²) in [6.07, 6.45) is 3.01. The average molecular weight is 400 g/mol. The van der Waals surface area contributed by atoms with Gasteiger partial charge in [-0.25, -0.2) is 4.98 Å². The monoisotopic (exact) mass is 399 g/mol. The third-order valence-electron chi connectivity index (χ3n) is 3.92. The number of pyridine rings is 1. The van der Waals surface area contributed by atoms with Gasteiger partial charge in [0.15, 0.2) is 5.13 Å². The lowest BCUT2D eigenvalue weighted by Crippen LogP contribution is -2.11. The predicted molar refractivity (Wildman–Crippen MR) is 112 cm³/mol. The molecule has 1 amide bonds. The van der Waals surface area contributed by atoms with Crippen molar-refractivity contribution < 1.29 is 4.79 Å². The SMILES string of the molecule is O=C(Nc1nc(-c2ccccn2)cs1)c1ccc(C2SCCCS2)cc1. The molecular weight excluding hydrogens is 382 g/mol. The van der Waals surface area contributed by atoms with Gasteiger partial charge in [0.2, 0.25) is 0 Å². The van der Waals surface area contributed by atoms with Crippen LogP contribution in [0.25, 0.3) is 11.4 Å². The third-order valence-corrected chi connectivity index (χ3v) is 7.70. The summed E-state index contributed by atoms with van der Waals surface area (Å²) in [6.45, 7) is 0. The summed E-state index contributed by atoms with van der Waals surface area (Å²) in [5.74, 6) is 2.29. The summed E-state index contributed by atoms with van der Waals surface area (Å²) in [5, 5.41) is 5.36. The molecule has 3 aromatic rings. The molecule has 4 nitrogen and oxygen atoms in total. The maximum Gasteiger partial charge on any atom is 0.257 e. The van der Waals surface area contributed by atoms with Crippen molar-refractivity contribution >= 4 is 45.9 Å². The van der Waals surface area contributed by atoms with Crippen LogP contribution in [0.1, 0.15) is 26.9 Å². The first-order valence-corrected chi connectivity index (χ1v) is 11.3. The minimum Gasteiger partial charge on any atom is -0.298 e. The molecule has 0 spiro atoms. The summed E-state index contributed by atoms with van der Waals surface area (Å²) in [6, 6.07) is 13.6. The van der Waals surface area contributed by atoms with Crippen molar-refractivity contribution in [3.63, 3.8) is 0 Å². The molecule has 0 radical (unpaired) electrons. The smallest absolute Gasteiger partial charge is 0.257 e. The van der Waals surface area contributed by atoms with Crippen LogP contribution in [0.3, 0.4) is 0 Å². The number of amides is 1. The van der Waals surface area contributed by atoms with Crippen LogP contribution in [0.4, 0.5) is 5.13 Å². The molecule has 0 saturated carbocycles. The number of rotatable bonds is 4. The summed E-state index contributed by atoms with van der Waals surface area (Å²) >= 11 is 5.37. The van der Waals surface area contributed by atoms with E-state index in [4.69, 9.17) is 0 Å². The van der Waals surface area contributed by atoms with E-state index in [2.05, 4.69) is 27.4 Å². The van der Waals surface area contributed by atoms with Gasteiger partial charge in [-0.15, -0.1) is 34.9 Å². The van der Waals surface area contributed by atoms with E-state index in [9.17, 15) is 4.79 Å². The van der Waals surface area contributed by atoms with Crippen LogP contribution in [0.5, 0.6) is 0 Å². The zero-order chi connectivity index (χ0) is 17.8. The zero-order valence-corrected chi connectivity index (χ0v) is 16.4. The van der Waals surface area contributed by atoms with Crippen LogP contribution < -0.4 is 5.32 Å². The fourth-order valence-electron chi connectivity index (χ4n) is 2.60. The maximum atomic E-state index is 12.5. The third kappa shape index (κ3) is 4.11. The van der Waals surface area contributed by atoms with Crippen molar-refractivity contribution in [3.05, 3.63) is 65.2 Å². The van der Waals surface area contributed by atoms with E-state index in [-0.39, 0.29) is 5.91 Å². The largest absolute Gasteiger partial charge is 0.298 e. The van der Waals surface area contributed by atoms with Gasteiger partial charge in [-0.2, -0.15) is 0 Å². The molecule has 1 saturated heterocycles. The Kier molecular flexibility index (Phi) is 5.57. The normalized spacial score (nSPS) is 14.9. The Morgan fingerprint density at radius 1 is 1.04 bits per heavy atom. The topological polar surface area (TPSA) is 54.9 Å². The Balaban J connectivity index is 1.42. The van der Waals surface area contributed by atoms with Crippen LogP contribution in [0.15, 0.2) is 54.0 Å². The van der Waals surface area contributed by atoms with Gasteiger partial charge in [0.25, 0.3) is 5.91 Å². The second-order valence-electron chi connectivity index (χ2n) is 5.76. The molecule has 1 fully saturated rings. The highest BCUT2D eigenvalue weighted by Crippen LogP contribution is 2.43. The van der Waals surface area contributed by atoms with E-state index in [1.165, 1.54) is 34.8 Å². The second-order valence-corrected chi connectivity index (χ2v) is 9.34. The minimum absolute atomic E-state index is 0.137. The first-order chi connectivity index (χ1) is 12.8. The number of hydrogen-bond acceptors (Lipinski definition) is 6. The molecule has 3 heterocycles. The van der Waals surface area contributed by atoms with E-state index in [1.807, 2.05) is 59.2 Å². The van der Waals surface area contributed by atoms with E-state index in [0.29, 0.717) is 15.3 Å². The highest BCUT2D eigenvalue weighted by molar-refractivity contribution is 8.16. The van der Waals surface area contributed by atoms with Gasteiger partial charge in [0, 0.05) is 17.1 Å². The quantitative estimate of drug-likeness (QED) is 0.643. The number of anilines is 1. The van der Waals surface area contributed by atoms with Crippen LogP contribution in [0, 0.1) is 0 Å². The molecule has 1 aliphatic heterocycles. The van der Waals surface area contributed by atoms with Gasteiger partial charge < -0.3 is 0 Å². The van der Waals surface area contributed by atoms with Crippen LogP contribution in [0.2, 0.25) is 0 Å². The standard InChI is InChI=1S/C19H17N3OS3/c23-17(13-5-7-14(8-6-13)18-24-10-3-11-25-18)22-19-21-16(12-26-19)15-4-1-2-9-20-15/h1-2,4-9,12,18H,3,10-11H2,(H,21,22,23). The fourth-order valence-corrected chi connectivity index (χ4v) is 6.20. The molecular formula is C19H17N3OS3. The molecule has 1 aromatic carbocycles. The van der Waals surface area contributed by atoms with Crippen molar-refractivity contribution in [3.8, 4) is 11.4 Å². The predicted octanol–water partition coefficient (Wildman–Crippen LogP) is 5.33. The number of nitrogens with one attached hydrogen (secondary N) is 1. The van der Waals surface area contributed by atoms with Gasteiger partial charge in [-0.05, 0) is 47.8 Å². The molecule has 4 rings (SSSR count). The summed E-state index contributed by atoms with van der Waals surface area (Å²) in [4.78, 5) is 21.2. The molecule has 0 unspecified atom stereocenters.